The first kappa shape index (κ1) is 14.4. The van der Waals surface area contributed by atoms with E-state index in [-0.39, 0.29) is 11.8 Å². The molecule has 4 atom stereocenters. The van der Waals surface area contributed by atoms with E-state index < -0.39 is 11.2 Å². The van der Waals surface area contributed by atoms with Crippen LogP contribution < -0.4 is 0 Å². The zero-order valence-corrected chi connectivity index (χ0v) is 15.1. The maximum Gasteiger partial charge on any atom is 0.140 e. The second kappa shape index (κ2) is 4.70. The lowest BCUT2D eigenvalue weighted by Gasteiger charge is -2.35. The average molecular weight is 364 g/mol. The van der Waals surface area contributed by atoms with E-state index in [2.05, 4.69) is 59.3 Å². The summed E-state index contributed by atoms with van der Waals surface area (Å²) in [5, 5.41) is 4.21. The van der Waals surface area contributed by atoms with E-state index >= 15 is 0 Å². The van der Waals surface area contributed by atoms with Crippen LogP contribution in [-0.4, -0.2) is 5.78 Å². The summed E-state index contributed by atoms with van der Waals surface area (Å²) < 4.78 is 7.04. The van der Waals surface area contributed by atoms with Gasteiger partial charge in [-0.15, -0.1) is 22.7 Å². The predicted octanol–water partition coefficient (Wildman–Crippen LogP) is 4.94. The molecule has 2 nitrogen and oxygen atoms in total. The molecule has 2 aliphatic heterocycles. The molecule has 124 valence electrons. The molecule has 0 unspecified atom stereocenters. The molecule has 6 rings (SSSR count). The highest BCUT2D eigenvalue weighted by Gasteiger charge is 2.74. The lowest BCUT2D eigenvalue weighted by atomic mass is 9.64. The molecule has 1 saturated carbocycles. The molecule has 0 spiro atoms. The van der Waals surface area contributed by atoms with Gasteiger partial charge < -0.3 is 4.74 Å². The number of ether oxygens (including phenoxy) is 1. The van der Waals surface area contributed by atoms with E-state index in [0.29, 0.717) is 12.2 Å². The van der Waals surface area contributed by atoms with E-state index in [1.807, 2.05) is 0 Å². The summed E-state index contributed by atoms with van der Waals surface area (Å²) in [6.07, 6.45) is 1.59. The van der Waals surface area contributed by atoms with Gasteiger partial charge >= 0.3 is 0 Å². The summed E-state index contributed by atoms with van der Waals surface area (Å²) >= 11 is 3.45. The minimum absolute atomic E-state index is 0.0665. The zero-order chi connectivity index (χ0) is 16.6. The van der Waals surface area contributed by atoms with E-state index in [1.54, 1.807) is 22.7 Å². The van der Waals surface area contributed by atoms with Gasteiger partial charge in [0.25, 0.3) is 0 Å². The third-order valence-electron chi connectivity index (χ3n) is 6.23. The van der Waals surface area contributed by atoms with Gasteiger partial charge in [-0.2, -0.15) is 0 Å². The Labute approximate surface area is 154 Å². The van der Waals surface area contributed by atoms with Crippen molar-refractivity contribution in [2.24, 2.45) is 11.8 Å². The van der Waals surface area contributed by atoms with Gasteiger partial charge in [0.2, 0.25) is 0 Å². The lowest BCUT2D eigenvalue weighted by molar-refractivity contribution is -0.126. The van der Waals surface area contributed by atoms with E-state index in [4.69, 9.17) is 4.74 Å². The summed E-state index contributed by atoms with van der Waals surface area (Å²) in [4.78, 5) is 15.4. The molecule has 4 heterocycles. The van der Waals surface area contributed by atoms with Gasteiger partial charge in [0.05, 0.1) is 5.92 Å². The molecule has 1 aromatic carbocycles. The molecular formula is C21H16O2S2. The summed E-state index contributed by atoms with van der Waals surface area (Å²) in [6.45, 7) is 0. The van der Waals surface area contributed by atoms with Crippen LogP contribution in [0.2, 0.25) is 0 Å². The Bertz CT molecular complexity index is 975. The number of fused-ring (bicyclic) bond motifs is 8. The zero-order valence-electron chi connectivity index (χ0n) is 13.5. The fourth-order valence-electron chi connectivity index (χ4n) is 5.48. The van der Waals surface area contributed by atoms with Crippen LogP contribution in [0.25, 0.3) is 0 Å². The summed E-state index contributed by atoms with van der Waals surface area (Å²) in [7, 11) is 0. The smallest absolute Gasteiger partial charge is 0.140 e. The van der Waals surface area contributed by atoms with Crippen LogP contribution >= 0.6 is 22.7 Å². The molecule has 3 aliphatic rings. The molecule has 0 amide bonds. The van der Waals surface area contributed by atoms with Crippen molar-refractivity contribution in [2.45, 2.75) is 24.0 Å². The number of Topliss-reactive ketones (excluding diaryl/α,β-unsaturated/α-hetero) is 1. The monoisotopic (exact) mass is 364 g/mol. The van der Waals surface area contributed by atoms with Crippen molar-refractivity contribution in [1.29, 1.82) is 0 Å². The van der Waals surface area contributed by atoms with Crippen molar-refractivity contribution in [3.8, 4) is 0 Å². The Kier molecular flexibility index (Phi) is 2.71. The molecule has 4 heteroatoms. The van der Waals surface area contributed by atoms with Crippen molar-refractivity contribution in [1.82, 2.24) is 0 Å². The lowest BCUT2D eigenvalue weighted by Crippen LogP contribution is -2.39. The minimum Gasteiger partial charge on any atom is -0.347 e. The van der Waals surface area contributed by atoms with Crippen LogP contribution in [0.4, 0.5) is 0 Å². The number of hydrogen-bond acceptors (Lipinski definition) is 4. The van der Waals surface area contributed by atoms with Gasteiger partial charge in [0, 0.05) is 22.1 Å². The third-order valence-corrected chi connectivity index (χ3v) is 8.21. The maximum atomic E-state index is 13.0. The summed E-state index contributed by atoms with van der Waals surface area (Å²) in [5.41, 5.74) is 1.39. The quantitative estimate of drug-likeness (QED) is 0.644. The number of thiophene rings is 2. The molecule has 2 aromatic heterocycles. The SMILES string of the molecule is O=C1CC[C@H]2[C@@H]1[C@]1(c3cccs3)O[C@@]2(c2cccs2)c2ccccc21. The number of benzene rings is 1. The maximum absolute atomic E-state index is 13.0. The van der Waals surface area contributed by atoms with Crippen LogP contribution in [0.1, 0.15) is 33.7 Å². The van der Waals surface area contributed by atoms with Crippen LogP contribution in [0.3, 0.4) is 0 Å². The Hall–Kier alpha value is -1.75. The molecule has 0 radical (unpaired) electrons. The topological polar surface area (TPSA) is 26.3 Å². The Morgan fingerprint density at radius 1 is 0.880 bits per heavy atom. The van der Waals surface area contributed by atoms with Crippen molar-refractivity contribution >= 4 is 28.5 Å². The molecular weight excluding hydrogens is 348 g/mol. The fraction of sp³-hybridized carbons (Fsp3) is 0.286. The van der Waals surface area contributed by atoms with Crippen molar-refractivity contribution in [2.75, 3.05) is 0 Å². The Morgan fingerprint density at radius 2 is 1.52 bits per heavy atom. The molecule has 3 aromatic rings. The van der Waals surface area contributed by atoms with Gasteiger partial charge in [-0.05, 0) is 40.4 Å². The number of hydrogen-bond donors (Lipinski definition) is 0. The van der Waals surface area contributed by atoms with E-state index in [9.17, 15) is 4.79 Å². The van der Waals surface area contributed by atoms with Gasteiger partial charge in [-0.1, -0.05) is 36.4 Å². The predicted molar refractivity (Wildman–Crippen MR) is 98.9 cm³/mol. The first-order valence-corrected chi connectivity index (χ1v) is 10.5. The Morgan fingerprint density at radius 3 is 2.16 bits per heavy atom. The van der Waals surface area contributed by atoms with Crippen molar-refractivity contribution in [3.63, 3.8) is 0 Å². The molecule has 25 heavy (non-hydrogen) atoms. The molecule has 1 aliphatic carbocycles. The highest BCUT2D eigenvalue weighted by molar-refractivity contribution is 7.10. The number of carbonyl (C=O) groups excluding carboxylic acids is 1. The normalized spacial score (nSPS) is 35.1. The number of carbonyl (C=O) groups is 1. The molecule has 1 saturated heterocycles. The molecule has 0 N–H and O–H groups in total. The van der Waals surface area contributed by atoms with Gasteiger partial charge in [-0.25, -0.2) is 0 Å². The average Bonchev–Trinajstić information content (AvgIpc) is 3.42. The van der Waals surface area contributed by atoms with Crippen molar-refractivity contribution < 1.29 is 9.53 Å². The van der Waals surface area contributed by atoms with E-state index in [1.165, 1.54) is 20.9 Å². The second-order valence-electron chi connectivity index (χ2n) is 7.16. The van der Waals surface area contributed by atoms with Crippen molar-refractivity contribution in [3.05, 3.63) is 80.2 Å². The highest BCUT2D eigenvalue weighted by Crippen LogP contribution is 2.72. The van der Waals surface area contributed by atoms with Crippen LogP contribution in [0.5, 0.6) is 0 Å². The van der Waals surface area contributed by atoms with E-state index in [0.717, 1.165) is 6.42 Å². The highest BCUT2D eigenvalue weighted by atomic mass is 32.1. The summed E-state index contributed by atoms with van der Waals surface area (Å²) in [6, 6.07) is 17.0. The van der Waals surface area contributed by atoms with Gasteiger partial charge in [-0.3, -0.25) is 4.79 Å². The standard InChI is InChI=1S/C21H16O2S2/c22-16-10-9-15-19(16)21(18-8-4-12-25-18)14-6-2-1-5-13(14)20(15,23-21)17-7-3-11-24-17/h1-8,11-12,15,19H,9-10H2/t15-,19-,20-,21-/m0/s1. The van der Waals surface area contributed by atoms with Gasteiger partial charge in [0.15, 0.2) is 0 Å². The number of ketones is 1. The number of rotatable bonds is 2. The summed E-state index contributed by atoms with van der Waals surface area (Å²) in [5.74, 6) is 0.533. The molecule has 2 fully saturated rings. The van der Waals surface area contributed by atoms with Crippen LogP contribution in [-0.2, 0) is 20.7 Å². The second-order valence-corrected chi connectivity index (χ2v) is 9.06. The Balaban J connectivity index is 1.74. The largest absolute Gasteiger partial charge is 0.347 e. The van der Waals surface area contributed by atoms with Crippen LogP contribution in [0.15, 0.2) is 59.3 Å². The van der Waals surface area contributed by atoms with Gasteiger partial charge in [0.1, 0.15) is 17.0 Å². The molecule has 2 bridgehead atoms. The van der Waals surface area contributed by atoms with Crippen LogP contribution in [0, 0.1) is 11.8 Å². The third kappa shape index (κ3) is 1.49. The first-order valence-electron chi connectivity index (χ1n) is 8.69. The fourth-order valence-corrected chi connectivity index (χ4v) is 7.33. The minimum atomic E-state index is -0.604. The first-order chi connectivity index (χ1) is 12.3.